The number of carbonyl (C=O) groups excluding carboxylic acids is 1. The lowest BCUT2D eigenvalue weighted by Crippen LogP contribution is -2.51. The minimum Gasteiger partial charge on any atom is -0.327 e. The zero-order chi connectivity index (χ0) is 14.9. The monoisotopic (exact) mass is 353 g/mol. The molecule has 1 amide bonds. The van der Waals surface area contributed by atoms with Gasteiger partial charge in [0.2, 0.25) is 0 Å². The standard InChI is InChI=1S/C13H12BrF4NO/c14-10-7-8(15)4-5-9(10)12(20)19-6-2-1-3-11(19)13(16,17)18/h4-5,7,11H,1-3,6H2. The zero-order valence-corrected chi connectivity index (χ0v) is 12.0. The summed E-state index contributed by atoms with van der Waals surface area (Å²) in [7, 11) is 0. The molecule has 0 aromatic heterocycles. The van der Waals surface area contributed by atoms with Gasteiger partial charge in [0, 0.05) is 11.0 Å². The van der Waals surface area contributed by atoms with Gasteiger partial charge in [-0.3, -0.25) is 4.79 Å². The number of piperidine rings is 1. The summed E-state index contributed by atoms with van der Waals surface area (Å²) >= 11 is 3.02. The van der Waals surface area contributed by atoms with Crippen molar-refractivity contribution in [1.82, 2.24) is 4.90 Å². The molecule has 20 heavy (non-hydrogen) atoms. The van der Waals surface area contributed by atoms with Crippen LogP contribution in [0.5, 0.6) is 0 Å². The van der Waals surface area contributed by atoms with Crippen molar-refractivity contribution in [3.63, 3.8) is 0 Å². The van der Waals surface area contributed by atoms with Crippen molar-refractivity contribution in [2.24, 2.45) is 0 Å². The van der Waals surface area contributed by atoms with E-state index in [0.717, 1.165) is 17.0 Å². The van der Waals surface area contributed by atoms with Gasteiger partial charge in [-0.1, -0.05) is 0 Å². The van der Waals surface area contributed by atoms with Crippen molar-refractivity contribution in [3.8, 4) is 0 Å². The predicted molar refractivity (Wildman–Crippen MR) is 68.8 cm³/mol. The highest BCUT2D eigenvalue weighted by molar-refractivity contribution is 9.10. The molecule has 0 N–H and O–H groups in total. The van der Waals surface area contributed by atoms with E-state index in [4.69, 9.17) is 0 Å². The number of carbonyl (C=O) groups is 1. The molecule has 2 rings (SSSR count). The minimum absolute atomic E-state index is 0.0440. The smallest absolute Gasteiger partial charge is 0.327 e. The molecule has 1 heterocycles. The summed E-state index contributed by atoms with van der Waals surface area (Å²) < 4.78 is 52.0. The van der Waals surface area contributed by atoms with E-state index in [9.17, 15) is 22.4 Å². The van der Waals surface area contributed by atoms with Crippen LogP contribution in [0.3, 0.4) is 0 Å². The van der Waals surface area contributed by atoms with E-state index in [0.29, 0.717) is 12.8 Å². The van der Waals surface area contributed by atoms with Crippen LogP contribution in [0.15, 0.2) is 22.7 Å². The maximum atomic E-state index is 13.0. The molecule has 1 aliphatic rings. The maximum absolute atomic E-state index is 13.0. The summed E-state index contributed by atoms with van der Waals surface area (Å²) in [6.45, 7) is 0.0623. The van der Waals surface area contributed by atoms with Gasteiger partial charge in [0.05, 0.1) is 5.56 Å². The third-order valence-corrected chi connectivity index (χ3v) is 3.96. The molecule has 0 bridgehead atoms. The Balaban J connectivity index is 2.30. The number of hydrogen-bond acceptors (Lipinski definition) is 1. The molecule has 0 aliphatic carbocycles. The first-order chi connectivity index (χ1) is 9.30. The van der Waals surface area contributed by atoms with Crippen LogP contribution in [-0.4, -0.2) is 29.6 Å². The van der Waals surface area contributed by atoms with E-state index < -0.39 is 23.9 Å². The first-order valence-electron chi connectivity index (χ1n) is 6.13. The second kappa shape index (κ2) is 5.71. The number of rotatable bonds is 1. The summed E-state index contributed by atoms with van der Waals surface area (Å²) in [5, 5.41) is 0. The number of nitrogens with zero attached hydrogens (tertiary/aromatic N) is 1. The Morgan fingerprint density at radius 1 is 1.30 bits per heavy atom. The summed E-state index contributed by atoms with van der Waals surface area (Å²) in [5.41, 5.74) is 0.0440. The lowest BCUT2D eigenvalue weighted by atomic mass is 10.0. The lowest BCUT2D eigenvalue weighted by Gasteiger charge is -2.37. The summed E-state index contributed by atoms with van der Waals surface area (Å²) in [6.07, 6.45) is -3.55. The van der Waals surface area contributed by atoms with Crippen LogP contribution in [0.4, 0.5) is 17.6 Å². The summed E-state index contributed by atoms with van der Waals surface area (Å²) in [5.74, 6) is -1.28. The molecule has 1 aromatic rings. The third kappa shape index (κ3) is 3.13. The van der Waals surface area contributed by atoms with E-state index in [2.05, 4.69) is 15.9 Å². The van der Waals surface area contributed by atoms with E-state index in [1.807, 2.05) is 0 Å². The highest BCUT2D eigenvalue weighted by Gasteiger charge is 2.46. The van der Waals surface area contributed by atoms with E-state index >= 15 is 0 Å². The largest absolute Gasteiger partial charge is 0.408 e. The molecule has 7 heteroatoms. The Morgan fingerprint density at radius 2 is 2.00 bits per heavy atom. The molecule has 0 radical (unpaired) electrons. The van der Waals surface area contributed by atoms with Crippen molar-refractivity contribution in [2.45, 2.75) is 31.5 Å². The molecule has 1 atom stereocenters. The summed E-state index contributed by atoms with van der Waals surface area (Å²) in [4.78, 5) is 13.1. The second-order valence-electron chi connectivity index (χ2n) is 4.68. The summed E-state index contributed by atoms with van der Waals surface area (Å²) in [6, 6.07) is 1.56. The second-order valence-corrected chi connectivity index (χ2v) is 5.53. The average Bonchev–Trinajstić information content (AvgIpc) is 2.37. The number of likely N-dealkylation sites (tertiary alicyclic amines) is 1. The van der Waals surface area contributed by atoms with Gasteiger partial charge < -0.3 is 4.90 Å². The Labute approximate surface area is 121 Å². The number of alkyl halides is 3. The topological polar surface area (TPSA) is 20.3 Å². The van der Waals surface area contributed by atoms with Crippen molar-refractivity contribution in [1.29, 1.82) is 0 Å². The highest BCUT2D eigenvalue weighted by atomic mass is 79.9. The molecule has 1 unspecified atom stereocenters. The molecule has 0 spiro atoms. The molecular formula is C13H12BrF4NO. The molecule has 1 saturated heterocycles. The Morgan fingerprint density at radius 3 is 2.60 bits per heavy atom. The third-order valence-electron chi connectivity index (χ3n) is 3.30. The highest BCUT2D eigenvalue weighted by Crippen LogP contribution is 2.33. The molecular weight excluding hydrogens is 342 g/mol. The maximum Gasteiger partial charge on any atom is 0.408 e. The van der Waals surface area contributed by atoms with Gasteiger partial charge in [0.15, 0.2) is 0 Å². The van der Waals surface area contributed by atoms with E-state index in [-0.39, 0.29) is 23.0 Å². The van der Waals surface area contributed by atoms with Gasteiger partial charge >= 0.3 is 6.18 Å². The fourth-order valence-electron chi connectivity index (χ4n) is 2.33. The van der Waals surface area contributed by atoms with Crippen molar-refractivity contribution >= 4 is 21.8 Å². The molecule has 1 fully saturated rings. The molecule has 1 aromatic carbocycles. The van der Waals surface area contributed by atoms with Gasteiger partial charge in [0.1, 0.15) is 11.9 Å². The first kappa shape index (κ1) is 15.3. The van der Waals surface area contributed by atoms with Gasteiger partial charge in [-0.25, -0.2) is 4.39 Å². The van der Waals surface area contributed by atoms with Crippen LogP contribution in [0, 0.1) is 5.82 Å². The number of halogens is 5. The van der Waals surface area contributed by atoms with Crippen LogP contribution >= 0.6 is 15.9 Å². The Kier molecular flexibility index (Phi) is 4.36. The predicted octanol–water partition coefficient (Wildman–Crippen LogP) is 4.15. The van der Waals surface area contributed by atoms with Crippen LogP contribution in [0.25, 0.3) is 0 Å². The normalized spacial score (nSPS) is 20.1. The average molecular weight is 354 g/mol. The molecule has 1 aliphatic heterocycles. The van der Waals surface area contributed by atoms with E-state index in [1.165, 1.54) is 6.07 Å². The van der Waals surface area contributed by atoms with Crippen molar-refractivity contribution in [2.75, 3.05) is 6.54 Å². The van der Waals surface area contributed by atoms with Crippen molar-refractivity contribution in [3.05, 3.63) is 34.1 Å². The SMILES string of the molecule is O=C(c1ccc(F)cc1Br)N1CCCCC1C(F)(F)F. The molecule has 0 saturated carbocycles. The molecule has 110 valence electrons. The van der Waals surface area contributed by atoms with Crippen LogP contribution in [0.1, 0.15) is 29.6 Å². The quantitative estimate of drug-likeness (QED) is 0.694. The first-order valence-corrected chi connectivity index (χ1v) is 6.93. The van der Waals surface area contributed by atoms with Crippen molar-refractivity contribution < 1.29 is 22.4 Å². The van der Waals surface area contributed by atoms with E-state index in [1.54, 1.807) is 0 Å². The number of amides is 1. The molecule has 2 nitrogen and oxygen atoms in total. The van der Waals surface area contributed by atoms with Crippen LogP contribution in [0.2, 0.25) is 0 Å². The van der Waals surface area contributed by atoms with Gasteiger partial charge in [-0.2, -0.15) is 13.2 Å². The fraction of sp³-hybridized carbons (Fsp3) is 0.462. The van der Waals surface area contributed by atoms with Crippen LogP contribution in [-0.2, 0) is 0 Å². The number of benzene rings is 1. The fourth-order valence-corrected chi connectivity index (χ4v) is 2.85. The van der Waals surface area contributed by atoms with Gasteiger partial charge in [-0.15, -0.1) is 0 Å². The Bertz CT molecular complexity index is 518. The van der Waals surface area contributed by atoms with Crippen LogP contribution < -0.4 is 0 Å². The Hall–Kier alpha value is -1.11. The van der Waals surface area contributed by atoms with Gasteiger partial charge in [0.25, 0.3) is 5.91 Å². The number of hydrogen-bond donors (Lipinski definition) is 0. The lowest BCUT2D eigenvalue weighted by molar-refractivity contribution is -0.183. The zero-order valence-electron chi connectivity index (χ0n) is 10.4. The van der Waals surface area contributed by atoms with Gasteiger partial charge in [-0.05, 0) is 53.4 Å². The minimum atomic E-state index is -4.44.